The van der Waals surface area contributed by atoms with Crippen LogP contribution in [0.1, 0.15) is 16.7 Å². The Morgan fingerprint density at radius 3 is 2.59 bits per heavy atom. The molecule has 12 heteroatoms. The summed E-state index contributed by atoms with van der Waals surface area (Å²) in [5, 5.41) is 10.3. The van der Waals surface area contributed by atoms with Crippen molar-refractivity contribution in [2.75, 3.05) is 32.5 Å². The highest BCUT2D eigenvalue weighted by Crippen LogP contribution is 2.33. The fourth-order valence-electron chi connectivity index (χ4n) is 3.30. The highest BCUT2D eigenvalue weighted by atomic mass is 35.5. The van der Waals surface area contributed by atoms with Crippen molar-refractivity contribution in [3.05, 3.63) is 68.5 Å². The summed E-state index contributed by atoms with van der Waals surface area (Å²) in [6, 6.07) is 9.44. The second-order valence-electron chi connectivity index (χ2n) is 7.55. The third-order valence-corrected chi connectivity index (χ3v) is 6.26. The van der Waals surface area contributed by atoms with E-state index in [0.717, 1.165) is 0 Å². The molecule has 0 spiro atoms. The van der Waals surface area contributed by atoms with Crippen LogP contribution in [0.4, 0.5) is 10.5 Å². The quantitative estimate of drug-likeness (QED) is 0.396. The second-order valence-corrected chi connectivity index (χ2v) is 9.57. The van der Waals surface area contributed by atoms with Crippen molar-refractivity contribution in [3.8, 4) is 5.75 Å². The Morgan fingerprint density at radius 2 is 1.94 bits per heavy atom. The maximum atomic E-state index is 12.9. The van der Waals surface area contributed by atoms with E-state index in [-0.39, 0.29) is 35.8 Å². The van der Waals surface area contributed by atoms with Gasteiger partial charge in [0.15, 0.2) is 5.75 Å². The zero-order chi connectivity index (χ0) is 25.0. The van der Waals surface area contributed by atoms with E-state index in [1.807, 2.05) is 0 Å². The molecule has 0 saturated carbocycles. The Kier molecular flexibility index (Phi) is 7.82. The van der Waals surface area contributed by atoms with Crippen LogP contribution in [0.25, 0.3) is 11.0 Å². The maximum Gasteiger partial charge on any atom is 0.414 e. The monoisotopic (exact) mass is 509 g/mol. The smallest absolute Gasteiger partial charge is 0.414 e. The fraction of sp³-hybridized carbons (Fsp3) is 0.273. The van der Waals surface area contributed by atoms with Gasteiger partial charge < -0.3 is 19.2 Å². The van der Waals surface area contributed by atoms with Crippen LogP contribution in [0.3, 0.4) is 0 Å². The molecule has 0 aliphatic carbocycles. The number of nitrogens with zero attached hydrogens (tertiary/aromatic N) is 1. The number of hydrogen-bond donors (Lipinski definition) is 3. The number of hydrogen-bond acceptors (Lipinski definition) is 7. The molecule has 0 saturated heterocycles. The number of rotatable bonds is 8. The summed E-state index contributed by atoms with van der Waals surface area (Å²) in [4.78, 5) is 26.0. The molecule has 0 aliphatic rings. The number of halogens is 1. The summed E-state index contributed by atoms with van der Waals surface area (Å²) in [6.45, 7) is -0.234. The van der Waals surface area contributed by atoms with Gasteiger partial charge in [-0.3, -0.25) is 4.72 Å². The van der Waals surface area contributed by atoms with Gasteiger partial charge in [-0.1, -0.05) is 23.7 Å². The molecule has 10 nitrogen and oxygen atoms in total. The molecule has 3 rings (SSSR count). The Labute approximate surface area is 201 Å². The van der Waals surface area contributed by atoms with Gasteiger partial charge in [-0.25, -0.2) is 14.3 Å². The molecule has 1 aromatic heterocycles. The largest absolute Gasteiger partial charge is 0.422 e. The molecule has 0 atom stereocenters. The van der Waals surface area contributed by atoms with Crippen LogP contribution in [0.5, 0.6) is 5.75 Å². The summed E-state index contributed by atoms with van der Waals surface area (Å²) < 4.78 is 38.8. The van der Waals surface area contributed by atoms with E-state index in [9.17, 15) is 23.1 Å². The standard InChI is InChI=1S/C22H24ClN3O7S/c1-24-34(30,31)25-14-6-4-5-13(9-14)10-17-15(7-8-27)16-11-18(23)20(33-22(29)26(2)3)12-19(16)32-21(17)28/h4-6,9,11-12,24-25,27H,7-8,10H2,1-3H3. The number of nitrogens with one attached hydrogen (secondary N) is 2. The van der Waals surface area contributed by atoms with Crippen LogP contribution in [0, 0.1) is 0 Å². The minimum atomic E-state index is -3.71. The maximum absolute atomic E-state index is 12.9. The summed E-state index contributed by atoms with van der Waals surface area (Å²) in [6.07, 6.45) is -0.376. The Bertz CT molecular complexity index is 1390. The minimum Gasteiger partial charge on any atom is -0.422 e. The number of aliphatic hydroxyl groups excluding tert-OH is 1. The SMILES string of the molecule is CNS(=O)(=O)Nc1cccc(Cc2c(CCO)c3cc(Cl)c(OC(=O)N(C)C)cc3oc2=O)c1. The predicted molar refractivity (Wildman–Crippen MR) is 129 cm³/mol. The summed E-state index contributed by atoms with van der Waals surface area (Å²) in [5.74, 6) is 0.0308. The molecule has 2 aromatic carbocycles. The van der Waals surface area contributed by atoms with Gasteiger partial charge in [0.2, 0.25) is 0 Å². The Balaban J connectivity index is 2.06. The first kappa shape index (κ1) is 25.5. The van der Waals surface area contributed by atoms with Crippen LogP contribution >= 0.6 is 11.6 Å². The van der Waals surface area contributed by atoms with Crippen molar-refractivity contribution in [2.24, 2.45) is 0 Å². The third-order valence-electron chi connectivity index (χ3n) is 4.93. The molecule has 0 radical (unpaired) electrons. The van der Waals surface area contributed by atoms with E-state index in [1.165, 1.54) is 38.2 Å². The number of carbonyl (C=O) groups excluding carboxylic acids is 1. The molecule has 182 valence electrons. The van der Waals surface area contributed by atoms with Crippen molar-refractivity contribution < 1.29 is 27.5 Å². The first-order chi connectivity index (χ1) is 16.0. The van der Waals surface area contributed by atoms with E-state index in [0.29, 0.717) is 27.8 Å². The lowest BCUT2D eigenvalue weighted by Crippen LogP contribution is -2.26. The first-order valence-electron chi connectivity index (χ1n) is 10.1. The highest BCUT2D eigenvalue weighted by Gasteiger charge is 2.19. The molecule has 0 fully saturated rings. The summed E-state index contributed by atoms with van der Waals surface area (Å²) in [5.41, 5.74) is 1.30. The van der Waals surface area contributed by atoms with Crippen LogP contribution < -0.4 is 19.8 Å². The molecular weight excluding hydrogens is 486 g/mol. The minimum absolute atomic E-state index is 0.0308. The number of carbonyl (C=O) groups is 1. The van der Waals surface area contributed by atoms with Crippen LogP contribution in [0.15, 0.2) is 45.6 Å². The zero-order valence-corrected chi connectivity index (χ0v) is 20.3. The second kappa shape index (κ2) is 10.4. The molecule has 0 bridgehead atoms. The molecule has 0 aliphatic heterocycles. The molecule has 1 heterocycles. The number of benzene rings is 2. The number of anilines is 1. The third kappa shape index (κ3) is 5.86. The average molecular weight is 510 g/mol. The van der Waals surface area contributed by atoms with Crippen molar-refractivity contribution in [1.82, 2.24) is 9.62 Å². The van der Waals surface area contributed by atoms with Gasteiger partial charge in [0.05, 0.1) is 10.7 Å². The van der Waals surface area contributed by atoms with Crippen LogP contribution in [-0.2, 0) is 23.1 Å². The first-order valence-corrected chi connectivity index (χ1v) is 12.0. The number of aliphatic hydroxyl groups is 1. The summed E-state index contributed by atoms with van der Waals surface area (Å²) in [7, 11) is 0.609. The van der Waals surface area contributed by atoms with Gasteiger partial charge in [0.25, 0.3) is 10.2 Å². The van der Waals surface area contributed by atoms with Gasteiger partial charge in [-0.15, -0.1) is 0 Å². The number of fused-ring (bicyclic) bond motifs is 1. The normalized spacial score (nSPS) is 11.4. The van der Waals surface area contributed by atoms with E-state index in [1.54, 1.807) is 24.3 Å². The fourth-order valence-corrected chi connectivity index (χ4v) is 4.04. The number of ether oxygens (including phenoxy) is 1. The van der Waals surface area contributed by atoms with Gasteiger partial charge in [0, 0.05) is 51.2 Å². The number of amides is 1. The molecule has 3 N–H and O–H groups in total. The van der Waals surface area contributed by atoms with Gasteiger partial charge in [-0.05, 0) is 35.7 Å². The molecular formula is C22H24ClN3O7S. The molecule has 1 amide bonds. The average Bonchev–Trinajstić information content (AvgIpc) is 2.77. The lowest BCUT2D eigenvalue weighted by atomic mass is 9.96. The van der Waals surface area contributed by atoms with E-state index < -0.39 is 21.9 Å². The van der Waals surface area contributed by atoms with Crippen molar-refractivity contribution >= 4 is 44.6 Å². The van der Waals surface area contributed by atoms with Crippen molar-refractivity contribution in [2.45, 2.75) is 12.8 Å². The topological polar surface area (TPSA) is 138 Å². The van der Waals surface area contributed by atoms with Gasteiger partial charge in [0.1, 0.15) is 5.58 Å². The lowest BCUT2D eigenvalue weighted by Gasteiger charge is -2.15. The molecule has 34 heavy (non-hydrogen) atoms. The van der Waals surface area contributed by atoms with Gasteiger partial charge in [-0.2, -0.15) is 8.42 Å². The van der Waals surface area contributed by atoms with E-state index in [2.05, 4.69) is 9.44 Å². The molecule has 0 unspecified atom stereocenters. The van der Waals surface area contributed by atoms with E-state index in [4.69, 9.17) is 20.8 Å². The lowest BCUT2D eigenvalue weighted by molar-refractivity contribution is 0.172. The highest BCUT2D eigenvalue weighted by molar-refractivity contribution is 7.90. The van der Waals surface area contributed by atoms with Gasteiger partial charge >= 0.3 is 11.7 Å². The van der Waals surface area contributed by atoms with Crippen LogP contribution in [0.2, 0.25) is 5.02 Å². The van der Waals surface area contributed by atoms with E-state index >= 15 is 0 Å². The zero-order valence-electron chi connectivity index (χ0n) is 18.7. The predicted octanol–water partition coefficient (Wildman–Crippen LogP) is 2.51. The van der Waals surface area contributed by atoms with Crippen molar-refractivity contribution in [3.63, 3.8) is 0 Å². The Hall–Kier alpha value is -3.12. The van der Waals surface area contributed by atoms with Crippen LogP contribution in [-0.4, -0.2) is 52.3 Å². The Morgan fingerprint density at radius 1 is 1.21 bits per heavy atom. The molecule has 3 aromatic rings. The van der Waals surface area contributed by atoms with Crippen molar-refractivity contribution in [1.29, 1.82) is 0 Å². The summed E-state index contributed by atoms with van der Waals surface area (Å²) >= 11 is 6.32.